The van der Waals surface area contributed by atoms with Crippen LogP contribution in [0.1, 0.15) is 12.8 Å². The van der Waals surface area contributed by atoms with Crippen LogP contribution in [0.2, 0.25) is 6.04 Å². The van der Waals surface area contributed by atoms with E-state index in [0.717, 1.165) is 18.9 Å². The van der Waals surface area contributed by atoms with Crippen LogP contribution in [0.25, 0.3) is 0 Å². The second-order valence-corrected chi connectivity index (χ2v) is 7.10. The van der Waals surface area contributed by atoms with E-state index in [4.69, 9.17) is 13.3 Å². The highest BCUT2D eigenvalue weighted by Gasteiger charge is 2.37. The maximum atomic E-state index is 5.38. The molecule has 16 heavy (non-hydrogen) atoms. The minimum atomic E-state index is -2.36. The molecule has 92 valence electrons. The highest BCUT2D eigenvalue weighted by Crippen LogP contribution is 2.19. The van der Waals surface area contributed by atoms with Crippen LogP contribution in [-0.4, -0.2) is 48.0 Å². The summed E-state index contributed by atoms with van der Waals surface area (Å²) in [5, 5.41) is 0. The average Bonchev–Trinajstić information content (AvgIpc) is 2.71. The molecule has 0 aliphatic carbocycles. The third-order valence-electron chi connectivity index (χ3n) is 2.95. The van der Waals surface area contributed by atoms with Gasteiger partial charge in [-0.3, -0.25) is 0 Å². The number of hydrogen-bond acceptors (Lipinski definition) is 3. The Bertz CT molecular complexity index is 266. The first-order chi connectivity index (χ1) is 7.65. The molecule has 0 fully saturated rings. The fraction of sp³-hybridized carbons (Fsp3) is 0.727. The van der Waals surface area contributed by atoms with Crippen LogP contribution in [0, 0.1) is 5.92 Å². The maximum Gasteiger partial charge on any atom is 0.500 e. The molecule has 0 aromatic rings. The van der Waals surface area contributed by atoms with Crippen LogP contribution in [0.15, 0.2) is 12.3 Å². The second-order valence-electron chi connectivity index (χ2n) is 4.01. The quantitative estimate of drug-likeness (QED) is 0.502. The van der Waals surface area contributed by atoms with E-state index in [1.54, 1.807) is 21.3 Å². The molecule has 5 heteroatoms. The Morgan fingerprint density at radius 3 is 2.25 bits per heavy atom. The van der Waals surface area contributed by atoms with Crippen molar-refractivity contribution in [2.45, 2.75) is 18.9 Å². The minimum Gasteiger partial charge on any atom is -0.377 e. The van der Waals surface area contributed by atoms with Gasteiger partial charge in [-0.15, -0.1) is 0 Å². The Morgan fingerprint density at radius 2 is 1.81 bits per heavy atom. The highest BCUT2D eigenvalue weighted by molar-refractivity contribution is 6.60. The van der Waals surface area contributed by atoms with Crippen molar-refractivity contribution in [3.8, 4) is 0 Å². The summed E-state index contributed by atoms with van der Waals surface area (Å²) in [4.78, 5) is 0. The van der Waals surface area contributed by atoms with Crippen LogP contribution in [0.4, 0.5) is 0 Å². The molecule has 1 atom stereocenters. The molecule has 1 aliphatic heterocycles. The third-order valence-corrected chi connectivity index (χ3v) is 5.78. The van der Waals surface area contributed by atoms with E-state index >= 15 is 0 Å². The molecule has 0 spiro atoms. The van der Waals surface area contributed by atoms with E-state index in [2.05, 4.69) is 30.1 Å². The van der Waals surface area contributed by atoms with E-state index in [0.29, 0.717) is 5.92 Å². The lowest BCUT2D eigenvalue weighted by Gasteiger charge is -2.24. The van der Waals surface area contributed by atoms with Gasteiger partial charge in [0.2, 0.25) is 0 Å². The van der Waals surface area contributed by atoms with Crippen molar-refractivity contribution in [3.63, 3.8) is 0 Å². The first kappa shape index (κ1) is 13.6. The zero-order valence-electron chi connectivity index (χ0n) is 10.6. The molecule has 0 bridgehead atoms. The lowest BCUT2D eigenvalue weighted by Crippen LogP contribution is -2.42. The fourth-order valence-corrected chi connectivity index (χ4v) is 3.68. The molecule has 0 aromatic carbocycles. The molecular formula is C11H22NO3Si+. The summed E-state index contributed by atoms with van der Waals surface area (Å²) in [5.74, 6) is 0.544. The number of allylic oxidation sites excluding steroid dienone is 1. The molecule has 0 saturated carbocycles. The van der Waals surface area contributed by atoms with Gasteiger partial charge in [-0.2, -0.15) is 0 Å². The van der Waals surface area contributed by atoms with Gasteiger partial charge in [0.1, 0.15) is 7.05 Å². The van der Waals surface area contributed by atoms with Crippen molar-refractivity contribution < 1.29 is 17.9 Å². The predicted molar refractivity (Wildman–Crippen MR) is 65.7 cm³/mol. The Morgan fingerprint density at radius 1 is 1.19 bits per heavy atom. The van der Waals surface area contributed by atoms with Crippen molar-refractivity contribution in [3.05, 3.63) is 12.3 Å². The number of hydrogen-bond donors (Lipinski definition) is 0. The summed E-state index contributed by atoms with van der Waals surface area (Å²) in [6, 6.07) is 0.873. The molecule has 4 nitrogen and oxygen atoms in total. The van der Waals surface area contributed by atoms with Gasteiger partial charge in [-0.1, -0.05) is 0 Å². The lowest BCUT2D eigenvalue weighted by molar-refractivity contribution is -0.414. The second kappa shape index (κ2) is 6.29. The summed E-state index contributed by atoms with van der Waals surface area (Å²) in [5.41, 5.74) is 0. The lowest BCUT2D eigenvalue weighted by atomic mass is 10.1. The summed E-state index contributed by atoms with van der Waals surface area (Å²) in [6.07, 6.45) is 8.70. The van der Waals surface area contributed by atoms with Crippen LogP contribution < -0.4 is 0 Å². The van der Waals surface area contributed by atoms with Crippen molar-refractivity contribution >= 4 is 15.0 Å². The summed E-state index contributed by atoms with van der Waals surface area (Å²) >= 11 is 0. The molecule has 0 aromatic heterocycles. The summed E-state index contributed by atoms with van der Waals surface area (Å²) in [6.45, 7) is 0. The Kier molecular flexibility index (Phi) is 5.34. The maximum absolute atomic E-state index is 5.38. The van der Waals surface area contributed by atoms with Crippen molar-refractivity contribution in [2.24, 2.45) is 5.92 Å². The van der Waals surface area contributed by atoms with Gasteiger partial charge in [-0.25, -0.2) is 4.58 Å². The SMILES string of the molecule is CO[Si](CCCC1C=C[N+](C)=C1)(OC)OC. The van der Waals surface area contributed by atoms with Crippen LogP contribution >= 0.6 is 0 Å². The van der Waals surface area contributed by atoms with Crippen molar-refractivity contribution in [1.29, 1.82) is 0 Å². The van der Waals surface area contributed by atoms with Crippen molar-refractivity contribution in [2.75, 3.05) is 28.4 Å². The van der Waals surface area contributed by atoms with Crippen LogP contribution in [-0.2, 0) is 13.3 Å². The zero-order valence-corrected chi connectivity index (χ0v) is 11.6. The van der Waals surface area contributed by atoms with E-state index in [-0.39, 0.29) is 0 Å². The zero-order chi connectivity index (χ0) is 12.0. The fourth-order valence-electron chi connectivity index (χ4n) is 1.93. The molecule has 1 aliphatic rings. The van der Waals surface area contributed by atoms with Gasteiger partial charge in [0.25, 0.3) is 0 Å². The van der Waals surface area contributed by atoms with Gasteiger partial charge in [0.15, 0.2) is 12.4 Å². The minimum absolute atomic E-state index is 0.544. The number of nitrogens with zero attached hydrogens (tertiary/aromatic N) is 1. The molecular weight excluding hydrogens is 222 g/mol. The van der Waals surface area contributed by atoms with Gasteiger partial charge < -0.3 is 13.3 Å². The van der Waals surface area contributed by atoms with Crippen LogP contribution in [0.3, 0.4) is 0 Å². The summed E-state index contributed by atoms with van der Waals surface area (Å²) < 4.78 is 18.2. The Labute approximate surface area is 98.9 Å². The molecule has 1 unspecified atom stereocenters. The molecule has 0 saturated heterocycles. The molecule has 1 rings (SSSR count). The Balaban J connectivity index is 2.31. The van der Waals surface area contributed by atoms with Gasteiger partial charge in [0.05, 0.1) is 5.92 Å². The van der Waals surface area contributed by atoms with E-state index in [1.165, 1.54) is 0 Å². The first-order valence-electron chi connectivity index (χ1n) is 5.56. The smallest absolute Gasteiger partial charge is 0.377 e. The van der Waals surface area contributed by atoms with Crippen molar-refractivity contribution in [1.82, 2.24) is 0 Å². The summed E-state index contributed by atoms with van der Waals surface area (Å²) in [7, 11) is 4.68. The first-order valence-corrected chi connectivity index (χ1v) is 7.49. The standard InChI is InChI=1S/C11H22NO3Si/c1-12-8-7-11(10-12)6-5-9-16(13-2,14-3)15-4/h7-8,10-11H,5-6,9H2,1-4H3/q+1. The Hall–Kier alpha value is -0.493. The highest BCUT2D eigenvalue weighted by atomic mass is 28.4. The topological polar surface area (TPSA) is 30.7 Å². The van der Waals surface area contributed by atoms with Gasteiger partial charge in [-0.05, 0) is 18.9 Å². The predicted octanol–water partition coefficient (Wildman–Crippen LogP) is 1.50. The molecule has 1 heterocycles. The molecule has 0 radical (unpaired) electrons. The monoisotopic (exact) mass is 244 g/mol. The molecule has 0 amide bonds. The van der Waals surface area contributed by atoms with E-state index in [9.17, 15) is 0 Å². The van der Waals surface area contributed by atoms with E-state index < -0.39 is 8.80 Å². The normalized spacial score (nSPS) is 20.2. The largest absolute Gasteiger partial charge is 0.500 e. The van der Waals surface area contributed by atoms with Gasteiger partial charge >= 0.3 is 8.80 Å². The third kappa shape index (κ3) is 3.52. The van der Waals surface area contributed by atoms with Gasteiger partial charge in [0, 0.05) is 27.4 Å². The van der Waals surface area contributed by atoms with Crippen LogP contribution in [0.5, 0.6) is 0 Å². The average molecular weight is 244 g/mol. The number of rotatable bonds is 7. The van der Waals surface area contributed by atoms with E-state index in [1.807, 2.05) is 0 Å². The molecule has 0 N–H and O–H groups in total.